The fourth-order valence-corrected chi connectivity index (χ4v) is 2.08. The number of nitrogens with one attached hydrogen (secondary N) is 2. The van der Waals surface area contributed by atoms with E-state index in [9.17, 15) is 9.18 Å². The first kappa shape index (κ1) is 16.0. The van der Waals surface area contributed by atoms with E-state index in [1.54, 1.807) is 0 Å². The van der Waals surface area contributed by atoms with Crippen LogP contribution >= 0.6 is 0 Å². The van der Waals surface area contributed by atoms with Gasteiger partial charge in [-0.05, 0) is 55.0 Å². The Balaban J connectivity index is 1.88. The summed E-state index contributed by atoms with van der Waals surface area (Å²) >= 11 is 0. The molecule has 0 fully saturated rings. The van der Waals surface area contributed by atoms with Crippen molar-refractivity contribution in [3.8, 4) is 0 Å². The maximum absolute atomic E-state index is 12.8. The molecule has 0 aliphatic carbocycles. The summed E-state index contributed by atoms with van der Waals surface area (Å²) in [5.41, 5.74) is 2.19. The maximum Gasteiger partial charge on any atom is 0.255 e. The Hall–Kier alpha value is -2.36. The summed E-state index contributed by atoms with van der Waals surface area (Å²) in [7, 11) is 0. The lowest BCUT2D eigenvalue weighted by Gasteiger charge is -2.08. The number of carbonyl (C=O) groups excluding carboxylic acids is 1. The highest BCUT2D eigenvalue weighted by molar-refractivity contribution is 6.04. The molecule has 0 aliphatic heterocycles. The van der Waals surface area contributed by atoms with Crippen LogP contribution in [0, 0.1) is 5.82 Å². The molecule has 1 amide bonds. The third kappa shape index (κ3) is 4.88. The molecule has 0 atom stereocenters. The first-order valence-corrected chi connectivity index (χ1v) is 7.60. The molecule has 2 N–H and O–H groups in total. The molecular formula is C18H21FN2O. The van der Waals surface area contributed by atoms with Gasteiger partial charge < -0.3 is 10.6 Å². The van der Waals surface area contributed by atoms with Gasteiger partial charge in [-0.25, -0.2) is 4.39 Å². The number of carbonyl (C=O) groups is 1. The van der Waals surface area contributed by atoms with Crippen LogP contribution in [-0.4, -0.2) is 12.5 Å². The first-order chi connectivity index (χ1) is 10.7. The molecule has 4 heteroatoms. The number of unbranched alkanes of at least 4 members (excludes halogenated alkanes) is 2. The Labute approximate surface area is 130 Å². The molecule has 0 saturated heterocycles. The Bertz CT molecular complexity index is 593. The summed E-state index contributed by atoms with van der Waals surface area (Å²) in [5.74, 6) is -0.598. The van der Waals surface area contributed by atoms with Crippen molar-refractivity contribution < 1.29 is 9.18 Å². The van der Waals surface area contributed by atoms with E-state index in [0.717, 1.165) is 18.7 Å². The number of hydrogen-bond acceptors (Lipinski definition) is 2. The topological polar surface area (TPSA) is 41.1 Å². The summed E-state index contributed by atoms with van der Waals surface area (Å²) in [4.78, 5) is 12.0. The average molecular weight is 300 g/mol. The quantitative estimate of drug-likeness (QED) is 0.729. The largest absolute Gasteiger partial charge is 0.385 e. The van der Waals surface area contributed by atoms with Crippen LogP contribution in [0.1, 0.15) is 36.5 Å². The average Bonchev–Trinajstić information content (AvgIpc) is 2.54. The van der Waals surface area contributed by atoms with Crippen LogP contribution in [0.2, 0.25) is 0 Å². The molecule has 2 aromatic carbocycles. The smallest absolute Gasteiger partial charge is 0.255 e. The lowest BCUT2D eigenvalue weighted by atomic mass is 10.2. The van der Waals surface area contributed by atoms with Gasteiger partial charge in [-0.1, -0.05) is 19.8 Å². The summed E-state index contributed by atoms with van der Waals surface area (Å²) in [6.45, 7) is 3.13. The molecule has 0 radical (unpaired) electrons. The molecule has 0 spiro atoms. The Kier molecular flexibility index (Phi) is 5.95. The molecule has 3 nitrogen and oxygen atoms in total. The van der Waals surface area contributed by atoms with Crippen LogP contribution in [0.15, 0.2) is 48.5 Å². The Morgan fingerprint density at radius 3 is 2.23 bits per heavy atom. The van der Waals surface area contributed by atoms with Gasteiger partial charge in [0.1, 0.15) is 5.82 Å². The van der Waals surface area contributed by atoms with Crippen molar-refractivity contribution in [2.45, 2.75) is 26.2 Å². The van der Waals surface area contributed by atoms with Crippen molar-refractivity contribution in [1.82, 2.24) is 0 Å². The minimum absolute atomic E-state index is 0.247. The van der Waals surface area contributed by atoms with E-state index in [1.165, 1.54) is 37.1 Å². The van der Waals surface area contributed by atoms with E-state index in [-0.39, 0.29) is 11.7 Å². The molecule has 0 unspecified atom stereocenters. The summed E-state index contributed by atoms with van der Waals surface area (Å²) < 4.78 is 12.8. The molecule has 0 bridgehead atoms. The lowest BCUT2D eigenvalue weighted by molar-refractivity contribution is 0.102. The molecule has 116 valence electrons. The molecule has 2 rings (SSSR count). The zero-order valence-electron chi connectivity index (χ0n) is 12.7. The zero-order valence-corrected chi connectivity index (χ0v) is 12.7. The molecule has 22 heavy (non-hydrogen) atoms. The van der Waals surface area contributed by atoms with Crippen molar-refractivity contribution in [2.75, 3.05) is 17.2 Å². The van der Waals surface area contributed by atoms with Crippen molar-refractivity contribution in [2.24, 2.45) is 0 Å². The highest BCUT2D eigenvalue weighted by atomic mass is 19.1. The second-order valence-electron chi connectivity index (χ2n) is 5.17. The van der Waals surface area contributed by atoms with E-state index in [4.69, 9.17) is 0 Å². The second kappa shape index (κ2) is 8.17. The summed E-state index contributed by atoms with van der Waals surface area (Å²) in [6.07, 6.45) is 3.58. The van der Waals surface area contributed by atoms with Crippen molar-refractivity contribution in [1.29, 1.82) is 0 Å². The lowest BCUT2D eigenvalue weighted by Crippen LogP contribution is -2.11. The Morgan fingerprint density at radius 2 is 1.59 bits per heavy atom. The predicted octanol–water partition coefficient (Wildman–Crippen LogP) is 4.68. The van der Waals surface area contributed by atoms with E-state index < -0.39 is 0 Å². The van der Waals surface area contributed by atoms with Crippen LogP contribution in [0.5, 0.6) is 0 Å². The monoisotopic (exact) mass is 300 g/mol. The summed E-state index contributed by atoms with van der Waals surface area (Å²) in [5, 5.41) is 6.14. The normalized spacial score (nSPS) is 10.3. The van der Waals surface area contributed by atoms with Gasteiger partial charge >= 0.3 is 0 Å². The number of amides is 1. The third-order valence-electron chi connectivity index (χ3n) is 3.36. The maximum atomic E-state index is 12.8. The van der Waals surface area contributed by atoms with Crippen molar-refractivity contribution >= 4 is 17.3 Å². The van der Waals surface area contributed by atoms with E-state index in [2.05, 4.69) is 17.6 Å². The molecule has 0 aromatic heterocycles. The highest BCUT2D eigenvalue weighted by Gasteiger charge is 2.05. The van der Waals surface area contributed by atoms with Gasteiger partial charge in [0.25, 0.3) is 5.91 Å². The minimum Gasteiger partial charge on any atom is -0.385 e. The van der Waals surface area contributed by atoms with Crippen LogP contribution < -0.4 is 10.6 Å². The molecule has 0 saturated carbocycles. The SMILES string of the molecule is CCCCCNc1ccc(NC(=O)c2ccc(F)cc2)cc1. The van der Waals surface area contributed by atoms with E-state index in [1.807, 2.05) is 24.3 Å². The van der Waals surface area contributed by atoms with Gasteiger partial charge in [0.2, 0.25) is 0 Å². The van der Waals surface area contributed by atoms with E-state index >= 15 is 0 Å². The molecule has 2 aromatic rings. The molecular weight excluding hydrogens is 279 g/mol. The van der Waals surface area contributed by atoms with Crippen LogP contribution in [0.4, 0.5) is 15.8 Å². The summed E-state index contributed by atoms with van der Waals surface area (Å²) in [6, 6.07) is 13.1. The number of hydrogen-bond donors (Lipinski definition) is 2. The van der Waals surface area contributed by atoms with Gasteiger partial charge in [-0.3, -0.25) is 4.79 Å². The van der Waals surface area contributed by atoms with Crippen LogP contribution in [0.3, 0.4) is 0 Å². The number of anilines is 2. The van der Waals surface area contributed by atoms with Crippen LogP contribution in [0.25, 0.3) is 0 Å². The number of benzene rings is 2. The van der Waals surface area contributed by atoms with Gasteiger partial charge in [-0.15, -0.1) is 0 Å². The predicted molar refractivity (Wildman–Crippen MR) is 88.8 cm³/mol. The van der Waals surface area contributed by atoms with Gasteiger partial charge in [0.15, 0.2) is 0 Å². The number of halogens is 1. The van der Waals surface area contributed by atoms with Crippen molar-refractivity contribution in [3.05, 3.63) is 59.9 Å². The first-order valence-electron chi connectivity index (χ1n) is 7.60. The number of rotatable bonds is 7. The molecule has 0 heterocycles. The van der Waals surface area contributed by atoms with Crippen molar-refractivity contribution in [3.63, 3.8) is 0 Å². The van der Waals surface area contributed by atoms with E-state index in [0.29, 0.717) is 11.3 Å². The molecule has 0 aliphatic rings. The fourth-order valence-electron chi connectivity index (χ4n) is 2.08. The highest BCUT2D eigenvalue weighted by Crippen LogP contribution is 2.15. The fraction of sp³-hybridized carbons (Fsp3) is 0.278. The van der Waals surface area contributed by atoms with Gasteiger partial charge in [0, 0.05) is 23.5 Å². The standard InChI is InChI=1S/C18H21FN2O/c1-2-3-4-13-20-16-9-11-17(12-10-16)21-18(22)14-5-7-15(19)8-6-14/h5-12,20H,2-4,13H2,1H3,(H,21,22). The van der Waals surface area contributed by atoms with Gasteiger partial charge in [0.05, 0.1) is 0 Å². The second-order valence-corrected chi connectivity index (χ2v) is 5.17. The van der Waals surface area contributed by atoms with Crippen LogP contribution in [-0.2, 0) is 0 Å². The third-order valence-corrected chi connectivity index (χ3v) is 3.36. The van der Waals surface area contributed by atoms with Gasteiger partial charge in [-0.2, -0.15) is 0 Å². The minimum atomic E-state index is -0.352. The Morgan fingerprint density at radius 1 is 0.955 bits per heavy atom. The zero-order chi connectivity index (χ0) is 15.8.